The third-order valence-electron chi connectivity index (χ3n) is 1.27. The van der Waals surface area contributed by atoms with E-state index in [9.17, 15) is 0 Å². The van der Waals surface area contributed by atoms with Gasteiger partial charge in [0.15, 0.2) is 0 Å². The molecule has 0 bridgehead atoms. The van der Waals surface area contributed by atoms with E-state index < -0.39 is 0 Å². The maximum absolute atomic E-state index is 3.83. The van der Waals surface area contributed by atoms with Crippen LogP contribution in [-0.4, -0.2) is 0 Å². The van der Waals surface area contributed by atoms with Crippen LogP contribution in [0.15, 0.2) is 49.6 Å². The first-order valence-corrected chi connectivity index (χ1v) is 4.00. The van der Waals surface area contributed by atoms with E-state index in [1.165, 1.54) is 5.56 Å². The molecule has 0 atom stereocenters. The predicted octanol–water partition coefficient (Wildman–Crippen LogP) is 3.91. The largest absolute Gasteiger partial charge is 0.103 e. The molecule has 0 aliphatic rings. The van der Waals surface area contributed by atoms with E-state index in [-0.39, 0.29) is 0 Å². The maximum Gasteiger partial charge on any atom is -0.0233 e. The first-order valence-electron chi connectivity index (χ1n) is 4.00. The minimum atomic E-state index is 1.12. The number of rotatable bonds is 1. The van der Waals surface area contributed by atoms with Gasteiger partial charge in [-0.3, -0.25) is 0 Å². The average molecular weight is 160 g/mol. The number of hydrogen-bond donors (Lipinski definition) is 0. The van der Waals surface area contributed by atoms with Gasteiger partial charge in [-0.1, -0.05) is 48.6 Å². The molecule has 0 aliphatic heterocycles. The van der Waals surface area contributed by atoms with Gasteiger partial charge >= 0.3 is 0 Å². The zero-order chi connectivity index (χ0) is 9.40. The molecule has 0 N–H and O–H groups in total. The summed E-state index contributed by atoms with van der Waals surface area (Å²) >= 11 is 0. The van der Waals surface area contributed by atoms with Crippen LogP contribution in [0.5, 0.6) is 0 Å². The van der Waals surface area contributed by atoms with Crippen molar-refractivity contribution in [1.82, 2.24) is 0 Å². The zero-order valence-corrected chi connectivity index (χ0v) is 7.88. The summed E-state index contributed by atoms with van der Waals surface area (Å²) in [5, 5.41) is 0. The molecule has 0 fully saturated rings. The molecule has 0 amide bonds. The van der Waals surface area contributed by atoms with Crippen LogP contribution in [0, 0.1) is 0 Å². The number of allylic oxidation sites excluding steroid dienone is 2. The minimum absolute atomic E-state index is 1.12. The Bertz CT molecular complexity index is 231. The molecule has 0 saturated heterocycles. The Labute approximate surface area is 75.2 Å². The molecule has 64 valence electrons. The fraction of sp³-hybridized carbons (Fsp3) is 0.167. The highest BCUT2D eigenvalue weighted by atomic mass is 13.9. The molecular formula is C12H16. The lowest BCUT2D eigenvalue weighted by atomic mass is 10.1. The van der Waals surface area contributed by atoms with Gasteiger partial charge in [-0.2, -0.15) is 0 Å². The molecule has 0 nitrogen and oxygen atoms in total. The SMILES string of the molecule is C=C(C)c1ccccc1.C=CC. The molecule has 0 saturated carbocycles. The van der Waals surface area contributed by atoms with Crippen LogP contribution in [0.4, 0.5) is 0 Å². The molecule has 1 aromatic rings. The maximum atomic E-state index is 3.83. The lowest BCUT2D eigenvalue weighted by Crippen LogP contribution is -1.72. The van der Waals surface area contributed by atoms with Gasteiger partial charge in [0.2, 0.25) is 0 Å². The highest BCUT2D eigenvalue weighted by molar-refractivity contribution is 5.60. The Morgan fingerprint density at radius 3 is 1.92 bits per heavy atom. The van der Waals surface area contributed by atoms with Gasteiger partial charge in [-0.25, -0.2) is 0 Å². The highest BCUT2D eigenvalue weighted by Crippen LogP contribution is 2.08. The first-order chi connectivity index (χ1) is 5.72. The Balaban J connectivity index is 0.000000354. The topological polar surface area (TPSA) is 0 Å². The van der Waals surface area contributed by atoms with Crippen molar-refractivity contribution in [3.05, 3.63) is 55.1 Å². The van der Waals surface area contributed by atoms with Gasteiger partial charge in [0, 0.05) is 0 Å². The second kappa shape index (κ2) is 6.41. The lowest BCUT2D eigenvalue weighted by molar-refractivity contribution is 1.58. The zero-order valence-electron chi connectivity index (χ0n) is 7.88. The van der Waals surface area contributed by atoms with Gasteiger partial charge in [0.05, 0.1) is 0 Å². The van der Waals surface area contributed by atoms with Crippen molar-refractivity contribution in [3.8, 4) is 0 Å². The Morgan fingerprint density at radius 1 is 1.25 bits per heavy atom. The minimum Gasteiger partial charge on any atom is -0.103 e. The Hall–Kier alpha value is -1.30. The summed E-state index contributed by atoms with van der Waals surface area (Å²) in [4.78, 5) is 0. The van der Waals surface area contributed by atoms with E-state index in [0.29, 0.717) is 0 Å². The van der Waals surface area contributed by atoms with Crippen LogP contribution in [0.1, 0.15) is 19.4 Å². The molecule has 0 heterocycles. The second-order valence-electron chi connectivity index (χ2n) is 2.55. The van der Waals surface area contributed by atoms with Crippen molar-refractivity contribution < 1.29 is 0 Å². The fourth-order valence-electron chi connectivity index (χ4n) is 0.723. The van der Waals surface area contributed by atoms with Gasteiger partial charge in [0.1, 0.15) is 0 Å². The molecular weight excluding hydrogens is 144 g/mol. The van der Waals surface area contributed by atoms with Crippen molar-refractivity contribution in [2.45, 2.75) is 13.8 Å². The quantitative estimate of drug-likeness (QED) is 0.546. The van der Waals surface area contributed by atoms with E-state index in [4.69, 9.17) is 0 Å². The van der Waals surface area contributed by atoms with Crippen molar-refractivity contribution in [1.29, 1.82) is 0 Å². The van der Waals surface area contributed by atoms with Crippen LogP contribution in [0.25, 0.3) is 5.57 Å². The van der Waals surface area contributed by atoms with E-state index in [1.807, 2.05) is 32.0 Å². The molecule has 0 radical (unpaired) electrons. The van der Waals surface area contributed by atoms with Crippen LogP contribution in [-0.2, 0) is 0 Å². The van der Waals surface area contributed by atoms with Crippen molar-refractivity contribution in [2.24, 2.45) is 0 Å². The smallest absolute Gasteiger partial charge is 0.0233 e. The summed E-state index contributed by atoms with van der Waals surface area (Å²) < 4.78 is 0. The van der Waals surface area contributed by atoms with Crippen molar-refractivity contribution in [3.63, 3.8) is 0 Å². The van der Waals surface area contributed by atoms with Gasteiger partial charge < -0.3 is 0 Å². The molecule has 0 unspecified atom stereocenters. The molecule has 0 aromatic heterocycles. The Morgan fingerprint density at radius 2 is 1.67 bits per heavy atom. The monoisotopic (exact) mass is 160 g/mol. The number of benzene rings is 1. The molecule has 12 heavy (non-hydrogen) atoms. The van der Waals surface area contributed by atoms with Crippen LogP contribution < -0.4 is 0 Å². The molecule has 0 spiro atoms. The second-order valence-corrected chi connectivity index (χ2v) is 2.55. The van der Waals surface area contributed by atoms with E-state index >= 15 is 0 Å². The highest BCUT2D eigenvalue weighted by Gasteiger charge is 1.86. The van der Waals surface area contributed by atoms with Gasteiger partial charge in [-0.15, -0.1) is 6.58 Å². The standard InChI is InChI=1S/C9H10.C3H6/c1-8(2)9-6-4-3-5-7-9;1-3-2/h3-7H,1H2,2H3;3H,1H2,2H3. The van der Waals surface area contributed by atoms with E-state index in [1.54, 1.807) is 6.08 Å². The number of hydrogen-bond acceptors (Lipinski definition) is 0. The summed E-state index contributed by atoms with van der Waals surface area (Å²) in [5.41, 5.74) is 2.34. The van der Waals surface area contributed by atoms with Crippen molar-refractivity contribution in [2.75, 3.05) is 0 Å². The summed E-state index contributed by atoms with van der Waals surface area (Å²) in [5.74, 6) is 0. The molecule has 1 rings (SSSR count). The summed E-state index contributed by atoms with van der Waals surface area (Å²) in [6.45, 7) is 11.1. The molecule has 0 heteroatoms. The molecule has 0 aliphatic carbocycles. The summed E-state index contributed by atoms with van der Waals surface area (Å²) in [7, 11) is 0. The summed E-state index contributed by atoms with van der Waals surface area (Å²) in [6, 6.07) is 10.2. The first kappa shape index (κ1) is 10.7. The Kier molecular flexibility index (Phi) is 5.72. The molecule has 1 aromatic carbocycles. The van der Waals surface area contributed by atoms with E-state index in [2.05, 4.69) is 25.3 Å². The average Bonchev–Trinajstić information content (AvgIpc) is 2.07. The fourth-order valence-corrected chi connectivity index (χ4v) is 0.723. The third kappa shape index (κ3) is 4.51. The van der Waals surface area contributed by atoms with E-state index in [0.717, 1.165) is 5.57 Å². The van der Waals surface area contributed by atoms with Gasteiger partial charge in [0.25, 0.3) is 0 Å². The van der Waals surface area contributed by atoms with Crippen LogP contribution in [0.2, 0.25) is 0 Å². The lowest BCUT2D eigenvalue weighted by Gasteiger charge is -1.94. The normalized spacial score (nSPS) is 7.83. The van der Waals surface area contributed by atoms with Crippen LogP contribution >= 0.6 is 0 Å². The summed E-state index contributed by atoms with van der Waals surface area (Å²) in [6.07, 6.45) is 1.75. The van der Waals surface area contributed by atoms with Crippen LogP contribution in [0.3, 0.4) is 0 Å². The third-order valence-corrected chi connectivity index (χ3v) is 1.27. The predicted molar refractivity (Wildman–Crippen MR) is 57.0 cm³/mol. The van der Waals surface area contributed by atoms with Crippen molar-refractivity contribution >= 4 is 5.57 Å². The van der Waals surface area contributed by atoms with Gasteiger partial charge in [-0.05, 0) is 19.4 Å².